The van der Waals surface area contributed by atoms with Gasteiger partial charge in [-0.1, -0.05) is 47.5 Å². The third kappa shape index (κ3) is 5.09. The van der Waals surface area contributed by atoms with E-state index in [0.29, 0.717) is 16.4 Å². The number of aryl methyl sites for hydroxylation is 3. The molecule has 7 heteroatoms. The molecule has 3 aromatic rings. The summed E-state index contributed by atoms with van der Waals surface area (Å²) in [4.78, 5) is 13.0. The molecular formula is C24H25ClN2O3S. The molecule has 0 spiro atoms. The molecule has 3 rings (SSSR count). The Hall–Kier alpha value is -2.83. The lowest BCUT2D eigenvalue weighted by Crippen LogP contribution is -2.38. The summed E-state index contributed by atoms with van der Waals surface area (Å²) < 4.78 is 28.2. The topological polar surface area (TPSA) is 66.5 Å². The van der Waals surface area contributed by atoms with Crippen LogP contribution in [0.25, 0.3) is 0 Å². The number of halogens is 1. The zero-order valence-corrected chi connectivity index (χ0v) is 19.5. The van der Waals surface area contributed by atoms with Gasteiger partial charge < -0.3 is 5.32 Å². The van der Waals surface area contributed by atoms with Gasteiger partial charge in [0.2, 0.25) is 5.91 Å². The van der Waals surface area contributed by atoms with Crippen LogP contribution in [0.15, 0.2) is 65.6 Å². The molecule has 162 valence electrons. The van der Waals surface area contributed by atoms with Gasteiger partial charge in [-0.05, 0) is 74.7 Å². The van der Waals surface area contributed by atoms with Crippen LogP contribution in [-0.4, -0.2) is 20.9 Å². The first-order valence-electron chi connectivity index (χ1n) is 9.81. The first-order chi connectivity index (χ1) is 14.6. The zero-order valence-electron chi connectivity index (χ0n) is 17.9. The number of sulfonamides is 1. The van der Waals surface area contributed by atoms with E-state index in [1.807, 2.05) is 33.8 Å². The number of carbonyl (C=O) groups is 1. The Labute approximate surface area is 188 Å². The van der Waals surface area contributed by atoms with Crippen LogP contribution in [0.4, 0.5) is 11.4 Å². The van der Waals surface area contributed by atoms with E-state index in [1.165, 1.54) is 0 Å². The first-order valence-corrected chi connectivity index (χ1v) is 11.6. The van der Waals surface area contributed by atoms with Gasteiger partial charge in [0, 0.05) is 10.7 Å². The molecule has 0 saturated carbocycles. The van der Waals surface area contributed by atoms with Crippen molar-refractivity contribution >= 4 is 38.9 Å². The van der Waals surface area contributed by atoms with Crippen LogP contribution in [0.2, 0.25) is 5.02 Å². The standard InChI is InChI=1S/C24H25ClN2O3S/c1-16-8-12-21(13-9-16)31(29,30)27(23-7-5-6-17(2)19(23)4)15-24(28)26-20-11-10-18(3)22(25)14-20/h5-14H,15H2,1-4H3,(H,26,28). The van der Waals surface area contributed by atoms with E-state index in [1.54, 1.807) is 54.6 Å². The maximum atomic E-state index is 13.5. The van der Waals surface area contributed by atoms with Gasteiger partial charge >= 0.3 is 0 Å². The minimum atomic E-state index is -3.97. The molecule has 0 heterocycles. The fourth-order valence-corrected chi connectivity index (χ4v) is 4.80. The largest absolute Gasteiger partial charge is 0.324 e. The predicted octanol–water partition coefficient (Wildman–Crippen LogP) is 5.41. The van der Waals surface area contributed by atoms with Gasteiger partial charge in [-0.2, -0.15) is 0 Å². The molecule has 0 aliphatic carbocycles. The van der Waals surface area contributed by atoms with Crippen LogP contribution < -0.4 is 9.62 Å². The molecule has 1 N–H and O–H groups in total. The van der Waals surface area contributed by atoms with Crippen molar-refractivity contribution in [3.05, 3.63) is 87.9 Å². The molecule has 31 heavy (non-hydrogen) atoms. The number of carbonyl (C=O) groups excluding carboxylic acids is 1. The average molecular weight is 457 g/mol. The molecule has 3 aromatic carbocycles. The number of nitrogens with one attached hydrogen (secondary N) is 1. The van der Waals surface area contributed by atoms with Crippen LogP contribution in [0.1, 0.15) is 22.3 Å². The van der Waals surface area contributed by atoms with Gasteiger partial charge in [0.05, 0.1) is 10.6 Å². The van der Waals surface area contributed by atoms with Gasteiger partial charge in [-0.3, -0.25) is 9.10 Å². The second kappa shape index (κ2) is 9.12. The quantitative estimate of drug-likeness (QED) is 0.539. The van der Waals surface area contributed by atoms with E-state index in [9.17, 15) is 13.2 Å². The molecule has 0 aromatic heterocycles. The molecule has 0 unspecified atom stereocenters. The van der Waals surface area contributed by atoms with E-state index in [4.69, 9.17) is 11.6 Å². The molecule has 0 saturated heterocycles. The van der Waals surface area contributed by atoms with Crippen molar-refractivity contribution in [1.82, 2.24) is 0 Å². The smallest absolute Gasteiger partial charge is 0.264 e. The number of rotatable bonds is 6. The lowest BCUT2D eigenvalue weighted by molar-refractivity contribution is -0.114. The summed E-state index contributed by atoms with van der Waals surface area (Å²) in [6, 6.07) is 17.2. The SMILES string of the molecule is Cc1ccc(S(=O)(=O)N(CC(=O)Nc2ccc(C)c(Cl)c2)c2cccc(C)c2C)cc1. The van der Waals surface area contributed by atoms with Crippen LogP contribution in [0.3, 0.4) is 0 Å². The molecule has 0 aliphatic heterocycles. The van der Waals surface area contributed by atoms with E-state index < -0.39 is 15.9 Å². The normalized spacial score (nSPS) is 11.3. The number of amides is 1. The number of nitrogens with zero attached hydrogens (tertiary/aromatic N) is 1. The Bertz CT molecular complexity index is 1220. The van der Waals surface area contributed by atoms with Crippen molar-refractivity contribution in [3.8, 4) is 0 Å². The van der Waals surface area contributed by atoms with Crippen molar-refractivity contribution in [2.75, 3.05) is 16.2 Å². The highest BCUT2D eigenvalue weighted by Gasteiger charge is 2.28. The molecule has 1 amide bonds. The molecule has 0 aliphatic rings. The van der Waals surface area contributed by atoms with E-state index in [2.05, 4.69) is 5.32 Å². The summed E-state index contributed by atoms with van der Waals surface area (Å²) >= 11 is 6.14. The summed E-state index contributed by atoms with van der Waals surface area (Å²) in [6.45, 7) is 7.14. The fraction of sp³-hybridized carbons (Fsp3) is 0.208. The number of benzene rings is 3. The Morgan fingerprint density at radius 3 is 2.26 bits per heavy atom. The summed E-state index contributed by atoms with van der Waals surface area (Å²) in [6.07, 6.45) is 0. The van der Waals surface area contributed by atoms with Gasteiger partial charge in [0.15, 0.2) is 0 Å². The monoisotopic (exact) mass is 456 g/mol. The number of hydrogen-bond donors (Lipinski definition) is 1. The molecule has 0 radical (unpaired) electrons. The van der Waals surface area contributed by atoms with Crippen molar-refractivity contribution in [3.63, 3.8) is 0 Å². The lowest BCUT2D eigenvalue weighted by Gasteiger charge is -2.26. The third-order valence-corrected chi connectivity index (χ3v) is 7.38. The van der Waals surface area contributed by atoms with E-state index in [-0.39, 0.29) is 11.4 Å². The maximum absolute atomic E-state index is 13.5. The van der Waals surface area contributed by atoms with Crippen molar-refractivity contribution in [2.24, 2.45) is 0 Å². The van der Waals surface area contributed by atoms with E-state index in [0.717, 1.165) is 26.6 Å². The van der Waals surface area contributed by atoms with Crippen LogP contribution >= 0.6 is 11.6 Å². The Morgan fingerprint density at radius 1 is 0.935 bits per heavy atom. The van der Waals surface area contributed by atoms with Crippen LogP contribution in [0.5, 0.6) is 0 Å². The lowest BCUT2D eigenvalue weighted by atomic mass is 10.1. The first kappa shape index (κ1) is 22.8. The summed E-state index contributed by atoms with van der Waals surface area (Å²) in [5, 5.41) is 3.27. The molecular weight excluding hydrogens is 432 g/mol. The Balaban J connectivity index is 1.99. The van der Waals surface area contributed by atoms with E-state index >= 15 is 0 Å². The molecule has 0 bridgehead atoms. The Kier molecular flexibility index (Phi) is 6.72. The molecule has 0 fully saturated rings. The fourth-order valence-electron chi connectivity index (χ4n) is 3.14. The second-order valence-corrected chi connectivity index (χ2v) is 9.83. The van der Waals surface area contributed by atoms with Gasteiger partial charge in [-0.25, -0.2) is 8.42 Å². The number of hydrogen-bond acceptors (Lipinski definition) is 3. The van der Waals surface area contributed by atoms with Crippen LogP contribution in [0, 0.1) is 27.7 Å². The van der Waals surface area contributed by atoms with Crippen molar-refractivity contribution < 1.29 is 13.2 Å². The third-order valence-electron chi connectivity index (χ3n) is 5.20. The molecule has 0 atom stereocenters. The predicted molar refractivity (Wildman–Crippen MR) is 126 cm³/mol. The van der Waals surface area contributed by atoms with Crippen molar-refractivity contribution in [2.45, 2.75) is 32.6 Å². The minimum Gasteiger partial charge on any atom is -0.324 e. The summed E-state index contributed by atoms with van der Waals surface area (Å²) in [5.41, 5.74) is 4.55. The van der Waals surface area contributed by atoms with Crippen LogP contribution in [-0.2, 0) is 14.8 Å². The van der Waals surface area contributed by atoms with Crippen molar-refractivity contribution in [1.29, 1.82) is 0 Å². The Morgan fingerprint density at radius 2 is 1.61 bits per heavy atom. The highest BCUT2D eigenvalue weighted by molar-refractivity contribution is 7.92. The van der Waals surface area contributed by atoms with Gasteiger partial charge in [0.25, 0.3) is 10.0 Å². The molecule has 5 nitrogen and oxygen atoms in total. The highest BCUT2D eigenvalue weighted by atomic mass is 35.5. The van der Waals surface area contributed by atoms with Gasteiger partial charge in [0.1, 0.15) is 6.54 Å². The maximum Gasteiger partial charge on any atom is 0.264 e. The average Bonchev–Trinajstić information content (AvgIpc) is 2.71. The highest BCUT2D eigenvalue weighted by Crippen LogP contribution is 2.29. The minimum absolute atomic E-state index is 0.130. The number of anilines is 2. The summed E-state index contributed by atoms with van der Waals surface area (Å²) in [7, 11) is -3.97. The summed E-state index contributed by atoms with van der Waals surface area (Å²) in [5.74, 6) is -0.462. The zero-order chi connectivity index (χ0) is 22.8. The van der Waals surface area contributed by atoms with Gasteiger partial charge in [-0.15, -0.1) is 0 Å². The second-order valence-electron chi connectivity index (χ2n) is 7.56.